The number of nitrogens with two attached hydrogens (primary N) is 1. The van der Waals surface area contributed by atoms with Gasteiger partial charge in [0.15, 0.2) is 5.82 Å². The van der Waals surface area contributed by atoms with Gasteiger partial charge in [0.2, 0.25) is 0 Å². The standard InChI is InChI=1S/C12H18N4S2/c1-7(2)5-17-6-10-14-11(16-13)9-4-8(3)18-12(9)15-10/h4,7H,5-6,13H2,1-3H3,(H,14,15,16). The van der Waals surface area contributed by atoms with Crippen LogP contribution in [0.5, 0.6) is 0 Å². The number of anilines is 1. The normalized spacial score (nSPS) is 11.4. The molecule has 2 heterocycles. The molecule has 0 fully saturated rings. The molecular formula is C12H18N4S2. The average molecular weight is 282 g/mol. The first kappa shape index (κ1) is 13.6. The second-order valence-electron chi connectivity index (χ2n) is 4.62. The number of thioether (sulfide) groups is 1. The minimum Gasteiger partial charge on any atom is -0.308 e. The Morgan fingerprint density at radius 1 is 1.44 bits per heavy atom. The molecule has 0 saturated heterocycles. The maximum atomic E-state index is 5.53. The smallest absolute Gasteiger partial charge is 0.152 e. The first-order valence-corrected chi connectivity index (χ1v) is 7.88. The minimum atomic E-state index is 0.690. The molecule has 0 atom stereocenters. The zero-order valence-electron chi connectivity index (χ0n) is 10.9. The van der Waals surface area contributed by atoms with Gasteiger partial charge >= 0.3 is 0 Å². The number of aryl methyl sites for hydroxylation is 1. The van der Waals surface area contributed by atoms with E-state index in [1.165, 1.54) is 4.88 Å². The number of hydrazine groups is 1. The van der Waals surface area contributed by atoms with E-state index in [9.17, 15) is 0 Å². The molecule has 0 aliphatic rings. The topological polar surface area (TPSA) is 63.8 Å². The molecule has 2 aromatic rings. The third kappa shape index (κ3) is 3.13. The number of hydrogen-bond acceptors (Lipinski definition) is 6. The van der Waals surface area contributed by atoms with Crippen LogP contribution in [0.4, 0.5) is 5.82 Å². The van der Waals surface area contributed by atoms with Crippen molar-refractivity contribution in [2.75, 3.05) is 11.2 Å². The van der Waals surface area contributed by atoms with E-state index in [0.717, 1.165) is 33.4 Å². The van der Waals surface area contributed by atoms with Crippen molar-refractivity contribution < 1.29 is 0 Å². The lowest BCUT2D eigenvalue weighted by molar-refractivity contribution is 0.750. The minimum absolute atomic E-state index is 0.690. The van der Waals surface area contributed by atoms with Gasteiger partial charge in [-0.25, -0.2) is 15.8 Å². The van der Waals surface area contributed by atoms with Crippen molar-refractivity contribution in [1.82, 2.24) is 9.97 Å². The van der Waals surface area contributed by atoms with Crippen LogP contribution in [0.3, 0.4) is 0 Å². The summed E-state index contributed by atoms with van der Waals surface area (Å²) >= 11 is 3.54. The van der Waals surface area contributed by atoms with Crippen LogP contribution in [-0.4, -0.2) is 15.7 Å². The summed E-state index contributed by atoms with van der Waals surface area (Å²) in [6.45, 7) is 6.50. The first-order valence-electron chi connectivity index (χ1n) is 5.91. The summed E-state index contributed by atoms with van der Waals surface area (Å²) in [5.41, 5.74) is 2.67. The molecule has 0 aliphatic heterocycles. The zero-order chi connectivity index (χ0) is 13.1. The van der Waals surface area contributed by atoms with Crippen molar-refractivity contribution in [3.05, 3.63) is 16.8 Å². The van der Waals surface area contributed by atoms with Gasteiger partial charge in [-0.2, -0.15) is 11.8 Å². The van der Waals surface area contributed by atoms with Crippen LogP contribution in [0.1, 0.15) is 24.5 Å². The van der Waals surface area contributed by atoms with Gasteiger partial charge in [-0.15, -0.1) is 11.3 Å². The van der Waals surface area contributed by atoms with Crippen LogP contribution in [0.15, 0.2) is 6.07 Å². The molecule has 0 bridgehead atoms. The van der Waals surface area contributed by atoms with E-state index >= 15 is 0 Å². The van der Waals surface area contributed by atoms with E-state index in [1.807, 2.05) is 11.8 Å². The molecule has 0 aliphatic carbocycles. The molecule has 2 rings (SSSR count). The molecule has 0 radical (unpaired) electrons. The van der Waals surface area contributed by atoms with Gasteiger partial charge in [0.25, 0.3) is 0 Å². The third-order valence-corrected chi connectivity index (χ3v) is 4.69. The quantitative estimate of drug-likeness (QED) is 0.651. The third-order valence-electron chi connectivity index (χ3n) is 2.38. The summed E-state index contributed by atoms with van der Waals surface area (Å²) in [7, 11) is 0. The fraction of sp³-hybridized carbons (Fsp3) is 0.500. The highest BCUT2D eigenvalue weighted by Gasteiger charge is 2.09. The Bertz CT molecular complexity index is 536. The van der Waals surface area contributed by atoms with Crippen molar-refractivity contribution in [2.45, 2.75) is 26.5 Å². The Morgan fingerprint density at radius 2 is 2.22 bits per heavy atom. The van der Waals surface area contributed by atoms with E-state index in [4.69, 9.17) is 5.84 Å². The van der Waals surface area contributed by atoms with E-state index in [-0.39, 0.29) is 0 Å². The Hall–Kier alpha value is -0.850. The highest BCUT2D eigenvalue weighted by molar-refractivity contribution is 7.98. The summed E-state index contributed by atoms with van der Waals surface area (Å²) in [4.78, 5) is 11.3. The van der Waals surface area contributed by atoms with Crippen molar-refractivity contribution in [2.24, 2.45) is 11.8 Å². The lowest BCUT2D eigenvalue weighted by atomic mass is 10.3. The average Bonchev–Trinajstić information content (AvgIpc) is 2.67. The Kier molecular flexibility index (Phi) is 4.42. The number of thiophene rings is 1. The Morgan fingerprint density at radius 3 is 2.89 bits per heavy atom. The van der Waals surface area contributed by atoms with Crippen molar-refractivity contribution in [3.63, 3.8) is 0 Å². The first-order chi connectivity index (χ1) is 8.60. The van der Waals surface area contributed by atoms with Gasteiger partial charge in [0, 0.05) is 4.88 Å². The van der Waals surface area contributed by atoms with Crippen LogP contribution in [0, 0.1) is 12.8 Å². The summed E-state index contributed by atoms with van der Waals surface area (Å²) in [6, 6.07) is 2.07. The molecule has 2 aromatic heterocycles. The second kappa shape index (κ2) is 5.86. The summed E-state index contributed by atoms with van der Waals surface area (Å²) in [5.74, 6) is 9.75. The van der Waals surface area contributed by atoms with Gasteiger partial charge in [-0.05, 0) is 24.7 Å². The highest BCUT2D eigenvalue weighted by atomic mass is 32.2. The molecule has 0 saturated carbocycles. The van der Waals surface area contributed by atoms with E-state index < -0.39 is 0 Å². The van der Waals surface area contributed by atoms with Gasteiger partial charge in [0.1, 0.15) is 10.7 Å². The van der Waals surface area contributed by atoms with Crippen LogP contribution >= 0.6 is 23.1 Å². The predicted octanol–water partition coefficient (Wildman–Crippen LogP) is 3.17. The Balaban J connectivity index is 2.23. The number of nitrogen functional groups attached to an aromatic ring is 1. The van der Waals surface area contributed by atoms with Gasteiger partial charge in [0.05, 0.1) is 11.1 Å². The molecule has 0 unspecified atom stereocenters. The fourth-order valence-corrected chi connectivity index (χ4v) is 3.45. The monoisotopic (exact) mass is 282 g/mol. The lowest BCUT2D eigenvalue weighted by Crippen LogP contribution is -2.10. The van der Waals surface area contributed by atoms with E-state index in [2.05, 4.69) is 42.2 Å². The molecule has 6 heteroatoms. The van der Waals surface area contributed by atoms with Gasteiger partial charge < -0.3 is 5.43 Å². The molecule has 18 heavy (non-hydrogen) atoms. The largest absolute Gasteiger partial charge is 0.308 e. The van der Waals surface area contributed by atoms with Crippen LogP contribution in [0.25, 0.3) is 10.2 Å². The number of nitrogens with one attached hydrogen (secondary N) is 1. The molecular weight excluding hydrogens is 264 g/mol. The van der Waals surface area contributed by atoms with Crippen molar-refractivity contribution in [3.8, 4) is 0 Å². The van der Waals surface area contributed by atoms with Crippen molar-refractivity contribution >= 4 is 39.1 Å². The predicted molar refractivity (Wildman–Crippen MR) is 81.0 cm³/mol. The maximum absolute atomic E-state index is 5.53. The molecule has 0 spiro atoms. The number of nitrogens with zero attached hydrogens (tertiary/aromatic N) is 2. The maximum Gasteiger partial charge on any atom is 0.152 e. The van der Waals surface area contributed by atoms with E-state index in [1.54, 1.807) is 11.3 Å². The summed E-state index contributed by atoms with van der Waals surface area (Å²) in [5, 5.41) is 1.01. The number of aromatic nitrogens is 2. The van der Waals surface area contributed by atoms with Gasteiger partial charge in [-0.3, -0.25) is 0 Å². The lowest BCUT2D eigenvalue weighted by Gasteiger charge is -2.06. The van der Waals surface area contributed by atoms with Crippen LogP contribution < -0.4 is 11.3 Å². The van der Waals surface area contributed by atoms with Crippen LogP contribution in [0.2, 0.25) is 0 Å². The molecule has 98 valence electrons. The van der Waals surface area contributed by atoms with Crippen LogP contribution in [-0.2, 0) is 5.75 Å². The molecule has 0 amide bonds. The highest BCUT2D eigenvalue weighted by Crippen LogP contribution is 2.28. The number of fused-ring (bicyclic) bond motifs is 1. The summed E-state index contributed by atoms with van der Waals surface area (Å²) in [6.07, 6.45) is 0. The molecule has 4 nitrogen and oxygen atoms in total. The fourth-order valence-electron chi connectivity index (χ4n) is 1.65. The summed E-state index contributed by atoms with van der Waals surface area (Å²) < 4.78 is 0. The number of hydrogen-bond donors (Lipinski definition) is 2. The molecule has 3 N–H and O–H groups in total. The number of rotatable bonds is 5. The van der Waals surface area contributed by atoms with E-state index in [0.29, 0.717) is 5.92 Å². The SMILES string of the molecule is Cc1cc2c(NN)nc(CSCC(C)C)nc2s1. The second-order valence-corrected chi connectivity index (χ2v) is 6.88. The zero-order valence-corrected chi connectivity index (χ0v) is 12.5. The van der Waals surface area contributed by atoms with Gasteiger partial charge in [-0.1, -0.05) is 13.8 Å². The van der Waals surface area contributed by atoms with Crippen molar-refractivity contribution in [1.29, 1.82) is 0 Å². The molecule has 0 aromatic carbocycles. The Labute approximate surface area is 115 Å².